The number of aryl methyl sites for hydroxylation is 1. The minimum Gasteiger partial charge on any atom is -0.360 e. The van der Waals surface area contributed by atoms with E-state index in [9.17, 15) is 18.0 Å². The molecule has 3 rings (SSSR count). The summed E-state index contributed by atoms with van der Waals surface area (Å²) in [6.07, 6.45) is 0. The van der Waals surface area contributed by atoms with Gasteiger partial charge >= 0.3 is 0 Å². The summed E-state index contributed by atoms with van der Waals surface area (Å²) in [6.45, 7) is 1.52. The van der Waals surface area contributed by atoms with Crippen molar-refractivity contribution >= 4 is 11.6 Å². The van der Waals surface area contributed by atoms with Gasteiger partial charge in [-0.2, -0.15) is 0 Å². The molecule has 122 valence electrons. The Hall–Kier alpha value is -3.09. The molecule has 0 aliphatic rings. The van der Waals surface area contributed by atoms with Gasteiger partial charge in [-0.1, -0.05) is 35.5 Å². The van der Waals surface area contributed by atoms with Crippen molar-refractivity contribution in [2.75, 3.05) is 5.32 Å². The number of benzene rings is 2. The fraction of sp³-hybridized carbons (Fsp3) is 0.0588. The average Bonchev–Trinajstić information content (AvgIpc) is 2.98. The summed E-state index contributed by atoms with van der Waals surface area (Å²) in [4.78, 5) is 12.4. The van der Waals surface area contributed by atoms with Gasteiger partial charge in [0.25, 0.3) is 5.91 Å². The number of carbonyl (C=O) groups excluding carboxylic acids is 1. The lowest BCUT2D eigenvalue weighted by atomic mass is 10.1. The van der Waals surface area contributed by atoms with Crippen LogP contribution in [0.2, 0.25) is 0 Å². The first-order valence-electron chi connectivity index (χ1n) is 6.95. The number of halogens is 3. The fourth-order valence-electron chi connectivity index (χ4n) is 2.24. The van der Waals surface area contributed by atoms with Crippen molar-refractivity contribution in [1.29, 1.82) is 0 Å². The molecular formula is C17H11F3N2O2. The van der Waals surface area contributed by atoms with Gasteiger partial charge in [-0.05, 0) is 19.1 Å². The number of amides is 1. The number of hydrogen-bond donors (Lipinski definition) is 1. The molecule has 0 fully saturated rings. The summed E-state index contributed by atoms with van der Waals surface area (Å²) >= 11 is 0. The predicted molar refractivity (Wildman–Crippen MR) is 80.9 cm³/mol. The van der Waals surface area contributed by atoms with Crippen LogP contribution in [-0.2, 0) is 0 Å². The van der Waals surface area contributed by atoms with Crippen LogP contribution in [0.25, 0.3) is 11.3 Å². The molecule has 0 saturated carbocycles. The molecule has 0 aliphatic heterocycles. The minimum atomic E-state index is -1.65. The van der Waals surface area contributed by atoms with Gasteiger partial charge in [0.15, 0.2) is 17.5 Å². The second-order valence-corrected chi connectivity index (χ2v) is 5.01. The molecule has 0 aliphatic carbocycles. The summed E-state index contributed by atoms with van der Waals surface area (Å²) < 4.78 is 45.0. The van der Waals surface area contributed by atoms with E-state index in [1.807, 2.05) is 0 Å². The molecule has 4 nitrogen and oxygen atoms in total. The molecule has 24 heavy (non-hydrogen) atoms. The highest BCUT2D eigenvalue weighted by Gasteiger charge is 2.23. The molecule has 1 N–H and O–H groups in total. The van der Waals surface area contributed by atoms with Crippen LogP contribution in [0.5, 0.6) is 0 Å². The van der Waals surface area contributed by atoms with Crippen molar-refractivity contribution < 1.29 is 22.5 Å². The monoisotopic (exact) mass is 332 g/mol. The molecule has 0 radical (unpaired) electrons. The van der Waals surface area contributed by atoms with Gasteiger partial charge in [-0.15, -0.1) is 0 Å². The molecule has 1 amide bonds. The number of hydrogen-bond acceptors (Lipinski definition) is 3. The van der Waals surface area contributed by atoms with E-state index in [-0.39, 0.29) is 17.0 Å². The lowest BCUT2D eigenvalue weighted by Gasteiger charge is -2.07. The highest BCUT2D eigenvalue weighted by atomic mass is 19.2. The van der Waals surface area contributed by atoms with Crippen molar-refractivity contribution in [3.05, 3.63) is 71.2 Å². The zero-order valence-corrected chi connectivity index (χ0v) is 12.4. The molecule has 0 spiro atoms. The lowest BCUT2D eigenvalue weighted by molar-refractivity contribution is 0.102. The Kier molecular flexibility index (Phi) is 4.07. The van der Waals surface area contributed by atoms with Crippen LogP contribution >= 0.6 is 0 Å². The molecule has 7 heteroatoms. The number of nitrogens with one attached hydrogen (secondary N) is 1. The Morgan fingerprint density at radius 3 is 2.46 bits per heavy atom. The molecule has 0 unspecified atom stereocenters. The zero-order chi connectivity index (χ0) is 17.3. The third kappa shape index (κ3) is 2.76. The van der Waals surface area contributed by atoms with E-state index in [0.717, 1.165) is 12.1 Å². The maximum Gasteiger partial charge on any atom is 0.261 e. The molecule has 2 aromatic carbocycles. The number of anilines is 1. The van der Waals surface area contributed by atoms with Gasteiger partial charge < -0.3 is 9.84 Å². The van der Waals surface area contributed by atoms with E-state index in [4.69, 9.17) is 4.52 Å². The summed E-state index contributed by atoms with van der Waals surface area (Å²) in [5.74, 6) is -4.99. The summed E-state index contributed by atoms with van der Waals surface area (Å²) in [5, 5.41) is 6.05. The van der Waals surface area contributed by atoms with Crippen molar-refractivity contribution in [2.45, 2.75) is 6.92 Å². The Balaban J connectivity index is 1.97. The Labute approximate surface area is 134 Å². The Bertz CT molecular complexity index is 908. The topological polar surface area (TPSA) is 55.1 Å². The number of aromatic nitrogens is 1. The van der Waals surface area contributed by atoms with Gasteiger partial charge in [0.2, 0.25) is 0 Å². The van der Waals surface area contributed by atoms with Crippen LogP contribution in [0.4, 0.5) is 18.9 Å². The van der Waals surface area contributed by atoms with E-state index in [2.05, 4.69) is 10.5 Å². The smallest absolute Gasteiger partial charge is 0.261 e. The summed E-state index contributed by atoms with van der Waals surface area (Å²) in [6, 6.07) is 10.4. The standard InChI is InChI=1S/C17H11F3N2O2/c1-9-13(16(22-24-9)10-5-3-2-4-6-10)17(23)21-12-8-7-11(18)14(19)15(12)20/h2-8H,1H3,(H,21,23). The summed E-state index contributed by atoms with van der Waals surface area (Å²) in [5.41, 5.74) is 0.516. The van der Waals surface area contributed by atoms with Crippen molar-refractivity contribution in [2.24, 2.45) is 0 Å². The third-order valence-corrected chi connectivity index (χ3v) is 3.42. The molecular weight excluding hydrogens is 321 g/mol. The largest absolute Gasteiger partial charge is 0.360 e. The van der Waals surface area contributed by atoms with Crippen LogP contribution in [0.15, 0.2) is 47.0 Å². The zero-order valence-electron chi connectivity index (χ0n) is 12.4. The van der Waals surface area contributed by atoms with Crippen molar-refractivity contribution in [3.8, 4) is 11.3 Å². The normalized spacial score (nSPS) is 10.7. The van der Waals surface area contributed by atoms with E-state index >= 15 is 0 Å². The average molecular weight is 332 g/mol. The first-order chi connectivity index (χ1) is 11.5. The number of rotatable bonds is 3. The SMILES string of the molecule is Cc1onc(-c2ccccc2)c1C(=O)Nc1ccc(F)c(F)c1F. The van der Waals surface area contributed by atoms with Gasteiger partial charge in [0.1, 0.15) is 17.0 Å². The van der Waals surface area contributed by atoms with Gasteiger partial charge in [0, 0.05) is 5.56 Å². The van der Waals surface area contributed by atoms with E-state index in [1.165, 1.54) is 6.92 Å². The third-order valence-electron chi connectivity index (χ3n) is 3.42. The van der Waals surface area contributed by atoms with E-state index in [1.54, 1.807) is 30.3 Å². The quantitative estimate of drug-likeness (QED) is 0.727. The first kappa shape index (κ1) is 15.8. The molecule has 3 aromatic rings. The molecule has 1 aromatic heterocycles. The fourth-order valence-corrected chi connectivity index (χ4v) is 2.24. The molecule has 1 heterocycles. The van der Waals surface area contributed by atoms with Crippen LogP contribution in [0.1, 0.15) is 16.1 Å². The van der Waals surface area contributed by atoms with E-state index < -0.39 is 29.0 Å². The van der Waals surface area contributed by atoms with Gasteiger partial charge in [-0.3, -0.25) is 4.79 Å². The lowest BCUT2D eigenvalue weighted by Crippen LogP contribution is -2.15. The van der Waals surface area contributed by atoms with Gasteiger partial charge in [0.05, 0.1) is 5.69 Å². The molecule has 0 atom stereocenters. The van der Waals surface area contributed by atoms with E-state index in [0.29, 0.717) is 5.56 Å². The predicted octanol–water partition coefficient (Wildman–Crippen LogP) is 4.32. The van der Waals surface area contributed by atoms with Crippen LogP contribution < -0.4 is 5.32 Å². The first-order valence-corrected chi connectivity index (χ1v) is 6.95. The minimum absolute atomic E-state index is 0.0883. The maximum atomic E-state index is 13.7. The number of nitrogens with zero attached hydrogens (tertiary/aromatic N) is 1. The second-order valence-electron chi connectivity index (χ2n) is 5.01. The highest BCUT2D eigenvalue weighted by Crippen LogP contribution is 2.27. The van der Waals surface area contributed by atoms with Crippen molar-refractivity contribution in [3.63, 3.8) is 0 Å². The molecule has 0 saturated heterocycles. The Morgan fingerprint density at radius 2 is 1.75 bits per heavy atom. The highest BCUT2D eigenvalue weighted by molar-refractivity contribution is 6.08. The Morgan fingerprint density at radius 1 is 1.04 bits per heavy atom. The summed E-state index contributed by atoms with van der Waals surface area (Å²) in [7, 11) is 0. The number of carbonyl (C=O) groups is 1. The molecule has 0 bridgehead atoms. The second kappa shape index (κ2) is 6.19. The van der Waals surface area contributed by atoms with Crippen molar-refractivity contribution in [1.82, 2.24) is 5.16 Å². The maximum absolute atomic E-state index is 13.7. The van der Waals surface area contributed by atoms with Crippen LogP contribution in [0.3, 0.4) is 0 Å². The van der Waals surface area contributed by atoms with Crippen LogP contribution in [-0.4, -0.2) is 11.1 Å². The van der Waals surface area contributed by atoms with Gasteiger partial charge in [-0.25, -0.2) is 13.2 Å². The van der Waals surface area contributed by atoms with Crippen LogP contribution in [0, 0.1) is 24.4 Å².